The molecule has 0 bridgehead atoms. The Kier molecular flexibility index (Phi) is 6.13. The van der Waals surface area contributed by atoms with Crippen LogP contribution in [-0.2, 0) is 20.5 Å². The number of aryl methyl sites for hydroxylation is 2. The average molecular weight is 378 g/mol. The topological polar surface area (TPSA) is 73.0 Å². The number of hydrogen-bond donors (Lipinski definition) is 0. The maximum Gasteiger partial charge on any atom is 0.332 e. The van der Waals surface area contributed by atoms with E-state index in [1.807, 2.05) is 0 Å². The van der Waals surface area contributed by atoms with E-state index in [1.54, 1.807) is 18.8 Å². The molecule has 7 nitrogen and oxygen atoms in total. The number of aromatic nitrogens is 4. The minimum Gasteiger partial charge on any atom is -0.303 e. The van der Waals surface area contributed by atoms with E-state index in [4.69, 9.17) is 0 Å². The Labute approximate surface area is 157 Å². The third-order valence-electron chi connectivity index (χ3n) is 4.91. The molecule has 0 amide bonds. The second-order valence-corrected chi connectivity index (χ2v) is 7.93. The van der Waals surface area contributed by atoms with Crippen molar-refractivity contribution in [2.75, 3.05) is 25.4 Å². The van der Waals surface area contributed by atoms with Gasteiger partial charge in [0.2, 0.25) is 0 Å². The molecule has 0 radical (unpaired) electrons. The Morgan fingerprint density at radius 3 is 2.50 bits per heavy atom. The predicted octanol–water partition coefficient (Wildman–Crippen LogP) is 1.56. The van der Waals surface area contributed by atoms with Crippen molar-refractivity contribution in [3.63, 3.8) is 0 Å². The molecule has 0 aromatic carbocycles. The number of nitrogens with zero attached hydrogens (tertiary/aromatic N) is 5. The highest BCUT2D eigenvalue weighted by Crippen LogP contribution is 2.23. The lowest BCUT2D eigenvalue weighted by Gasteiger charge is -2.15. The van der Waals surface area contributed by atoms with E-state index in [0.29, 0.717) is 21.9 Å². The van der Waals surface area contributed by atoms with Gasteiger partial charge in [-0.2, -0.15) is 0 Å². The summed E-state index contributed by atoms with van der Waals surface area (Å²) in [5.41, 5.74) is -0.215. The molecule has 142 valence electrons. The summed E-state index contributed by atoms with van der Waals surface area (Å²) < 4.78 is 2.60. The van der Waals surface area contributed by atoms with Gasteiger partial charge in [-0.15, -0.1) is 11.8 Å². The van der Waals surface area contributed by atoms with Crippen LogP contribution in [0.5, 0.6) is 0 Å². The normalized spacial score (nSPS) is 15.2. The molecule has 1 fully saturated rings. The maximum atomic E-state index is 12.7. The van der Waals surface area contributed by atoms with Gasteiger partial charge >= 0.3 is 5.69 Å². The van der Waals surface area contributed by atoms with Crippen LogP contribution in [0.15, 0.2) is 14.6 Å². The number of thioether (sulfide) groups is 1. The fourth-order valence-electron chi connectivity index (χ4n) is 3.30. The highest BCUT2D eigenvalue weighted by atomic mass is 32.2. The molecule has 0 aliphatic carbocycles. The van der Waals surface area contributed by atoms with Crippen molar-refractivity contribution < 1.29 is 0 Å². The fraction of sp³-hybridized carbons (Fsp3) is 0.667. The lowest BCUT2D eigenvalue weighted by molar-refractivity contribution is 0.362. The van der Waals surface area contributed by atoms with Crippen LogP contribution in [0.4, 0.5) is 0 Å². The number of hydrogen-bond acceptors (Lipinski definition) is 6. The van der Waals surface area contributed by atoms with E-state index >= 15 is 0 Å². The van der Waals surface area contributed by atoms with E-state index in [-0.39, 0.29) is 11.2 Å². The molecule has 0 saturated carbocycles. The van der Waals surface area contributed by atoms with E-state index in [1.165, 1.54) is 24.5 Å². The third kappa shape index (κ3) is 3.86. The minimum atomic E-state index is -0.351. The van der Waals surface area contributed by atoms with Crippen LogP contribution in [0.2, 0.25) is 0 Å². The van der Waals surface area contributed by atoms with Gasteiger partial charge in [-0.05, 0) is 32.4 Å². The van der Waals surface area contributed by atoms with Gasteiger partial charge in [0.25, 0.3) is 5.56 Å². The standard InChI is InChI=1S/C18H27N5O2S/c1-4-5-8-13-19-15-14(17(24)22(3)18(25)21(15)2)16(20-13)26-12-11-23-9-6-7-10-23/h4-12H2,1-3H3. The first-order valence-electron chi connectivity index (χ1n) is 9.34. The van der Waals surface area contributed by atoms with Crippen molar-refractivity contribution in [1.29, 1.82) is 0 Å². The van der Waals surface area contributed by atoms with Crippen molar-refractivity contribution in [3.8, 4) is 0 Å². The molecule has 2 aromatic rings. The SMILES string of the molecule is CCCCc1nc(SCCN2CCCC2)c2c(=O)n(C)c(=O)n(C)c2n1. The third-order valence-corrected chi connectivity index (χ3v) is 5.87. The smallest absolute Gasteiger partial charge is 0.303 e. The van der Waals surface area contributed by atoms with Gasteiger partial charge in [0.1, 0.15) is 16.2 Å². The molecule has 0 atom stereocenters. The van der Waals surface area contributed by atoms with Crippen LogP contribution in [-0.4, -0.2) is 49.4 Å². The molecule has 1 aliphatic rings. The van der Waals surface area contributed by atoms with Gasteiger partial charge in [0, 0.05) is 32.8 Å². The highest BCUT2D eigenvalue weighted by Gasteiger charge is 2.18. The molecule has 1 saturated heterocycles. The largest absolute Gasteiger partial charge is 0.332 e. The van der Waals surface area contributed by atoms with E-state index in [0.717, 1.165) is 49.2 Å². The van der Waals surface area contributed by atoms with Crippen LogP contribution >= 0.6 is 11.8 Å². The van der Waals surface area contributed by atoms with Crippen LogP contribution in [0.25, 0.3) is 11.0 Å². The minimum absolute atomic E-state index is 0.311. The summed E-state index contributed by atoms with van der Waals surface area (Å²) in [6.07, 6.45) is 5.34. The van der Waals surface area contributed by atoms with Gasteiger partial charge in [-0.25, -0.2) is 14.8 Å². The van der Waals surface area contributed by atoms with Gasteiger partial charge < -0.3 is 4.90 Å². The van der Waals surface area contributed by atoms with Crippen molar-refractivity contribution >= 4 is 22.8 Å². The second-order valence-electron chi connectivity index (χ2n) is 6.85. The lowest BCUT2D eigenvalue weighted by Crippen LogP contribution is -2.38. The summed E-state index contributed by atoms with van der Waals surface area (Å²) in [5, 5.41) is 1.16. The molecule has 3 rings (SSSR count). The maximum absolute atomic E-state index is 12.7. The monoisotopic (exact) mass is 377 g/mol. The van der Waals surface area contributed by atoms with E-state index in [9.17, 15) is 9.59 Å². The molecule has 0 N–H and O–H groups in total. The molecule has 8 heteroatoms. The van der Waals surface area contributed by atoms with Crippen molar-refractivity contribution in [2.24, 2.45) is 14.1 Å². The highest BCUT2D eigenvalue weighted by molar-refractivity contribution is 7.99. The summed E-state index contributed by atoms with van der Waals surface area (Å²) in [6, 6.07) is 0. The quantitative estimate of drug-likeness (QED) is 0.539. The molecular weight excluding hydrogens is 350 g/mol. The Hall–Kier alpha value is -1.67. The summed E-state index contributed by atoms with van der Waals surface area (Å²) in [4.78, 5) is 36.7. The average Bonchev–Trinajstić information content (AvgIpc) is 3.16. The van der Waals surface area contributed by atoms with Gasteiger partial charge in [0.05, 0.1) is 0 Å². The first-order valence-corrected chi connectivity index (χ1v) is 10.3. The van der Waals surface area contributed by atoms with Crippen molar-refractivity contribution in [2.45, 2.75) is 44.1 Å². The molecule has 0 unspecified atom stereocenters. The Morgan fingerprint density at radius 2 is 1.81 bits per heavy atom. The Bertz CT molecular complexity index is 899. The predicted molar refractivity (Wildman–Crippen MR) is 105 cm³/mol. The van der Waals surface area contributed by atoms with Crippen LogP contribution in [0.1, 0.15) is 38.4 Å². The van der Waals surface area contributed by atoms with Crippen molar-refractivity contribution in [3.05, 3.63) is 26.7 Å². The van der Waals surface area contributed by atoms with E-state index in [2.05, 4.69) is 21.8 Å². The van der Waals surface area contributed by atoms with Gasteiger partial charge in [-0.3, -0.25) is 13.9 Å². The van der Waals surface area contributed by atoms with Crippen LogP contribution in [0.3, 0.4) is 0 Å². The van der Waals surface area contributed by atoms with Crippen LogP contribution in [0, 0.1) is 0 Å². The Morgan fingerprint density at radius 1 is 1.08 bits per heavy atom. The summed E-state index contributed by atoms with van der Waals surface area (Å²) >= 11 is 1.60. The molecule has 2 aromatic heterocycles. The number of rotatable bonds is 7. The lowest BCUT2D eigenvalue weighted by atomic mass is 10.2. The molecule has 26 heavy (non-hydrogen) atoms. The fourth-order valence-corrected chi connectivity index (χ4v) is 4.34. The Balaban J connectivity index is 1.99. The summed E-state index contributed by atoms with van der Waals surface area (Å²) in [5.74, 6) is 1.59. The number of likely N-dealkylation sites (tertiary alicyclic amines) is 1. The first kappa shape index (κ1) is 19.1. The van der Waals surface area contributed by atoms with Crippen molar-refractivity contribution in [1.82, 2.24) is 24.0 Å². The van der Waals surface area contributed by atoms with Gasteiger partial charge in [-0.1, -0.05) is 13.3 Å². The molecule has 3 heterocycles. The van der Waals surface area contributed by atoms with Gasteiger partial charge in [0.15, 0.2) is 5.65 Å². The zero-order chi connectivity index (χ0) is 18.7. The summed E-state index contributed by atoms with van der Waals surface area (Å²) in [6.45, 7) is 5.43. The molecular formula is C18H27N5O2S. The second kappa shape index (κ2) is 8.35. The molecule has 1 aliphatic heterocycles. The number of unbranched alkanes of at least 4 members (excludes halogenated alkanes) is 1. The zero-order valence-electron chi connectivity index (χ0n) is 15.8. The zero-order valence-corrected chi connectivity index (χ0v) is 16.6. The van der Waals surface area contributed by atoms with Crippen LogP contribution < -0.4 is 11.2 Å². The first-order chi connectivity index (χ1) is 12.5. The summed E-state index contributed by atoms with van der Waals surface area (Å²) in [7, 11) is 3.17. The van der Waals surface area contributed by atoms with E-state index < -0.39 is 0 Å². The number of fused-ring (bicyclic) bond motifs is 1. The molecule has 0 spiro atoms.